The highest BCUT2D eigenvalue weighted by Gasteiger charge is 2.20. The molecule has 12 nitrogen and oxygen atoms in total. The van der Waals surface area contributed by atoms with Crippen molar-refractivity contribution in [2.24, 2.45) is 0 Å². The van der Waals surface area contributed by atoms with Gasteiger partial charge in [-0.1, -0.05) is 39.5 Å². The number of carbonyl (C=O) groups excluding carboxylic acids is 2. The van der Waals surface area contributed by atoms with E-state index in [-0.39, 0.29) is 24.3 Å². The Kier molecular flexibility index (Phi) is 14.5. The molecule has 0 bridgehead atoms. The number of rotatable bonds is 12. The van der Waals surface area contributed by atoms with E-state index >= 15 is 0 Å². The summed E-state index contributed by atoms with van der Waals surface area (Å²) in [6.07, 6.45) is 5.65. The van der Waals surface area contributed by atoms with Crippen molar-refractivity contribution in [3.63, 3.8) is 0 Å². The molecule has 2 rings (SSSR count). The number of H-pyrrole nitrogens is 1. The number of nitrogens with one attached hydrogen (secondary N) is 3. The van der Waals surface area contributed by atoms with Crippen molar-refractivity contribution >= 4 is 32.1 Å². The van der Waals surface area contributed by atoms with Gasteiger partial charge < -0.3 is 13.9 Å². The molecule has 212 valence electrons. The summed E-state index contributed by atoms with van der Waals surface area (Å²) in [4.78, 5) is 46.3. The minimum absolute atomic E-state index is 0.0526. The molecule has 15 heteroatoms. The lowest BCUT2D eigenvalue weighted by atomic mass is 10.3. The number of hydrogen-bond acceptors (Lipinski definition) is 9. The number of hydrogen-bond donors (Lipinski definition) is 3. The molecule has 2 aromatic rings. The van der Waals surface area contributed by atoms with Gasteiger partial charge in [0.15, 0.2) is 23.3 Å². The summed E-state index contributed by atoms with van der Waals surface area (Å²) in [7, 11) is -1.90. The molecule has 0 aliphatic carbocycles. The number of ether oxygens (including phenoxy) is 2. The first kappa shape index (κ1) is 32.4. The summed E-state index contributed by atoms with van der Waals surface area (Å²) in [6.45, 7) is 10.5. The molecule has 0 saturated heterocycles. The molecule has 0 aliphatic heterocycles. The number of amides is 2. The zero-order valence-corrected chi connectivity index (χ0v) is 23.4. The number of nitrogens with zero attached hydrogens (tertiary/aromatic N) is 3. The number of anilines is 2. The first-order valence-electron chi connectivity index (χ1n) is 12.3. The number of unbranched alkanes of at least 4 members (excludes halogenated alkanes) is 4. The Morgan fingerprint density at radius 3 is 2.00 bits per heavy atom. The molecule has 3 N–H and O–H groups in total. The smallest absolute Gasteiger partial charge is 0.412 e. The predicted octanol–water partition coefficient (Wildman–Crippen LogP) is 5.22. The molecule has 2 amide bonds. The number of aromatic nitrogens is 4. The minimum atomic E-state index is -1.90. The number of halogens is 2. The van der Waals surface area contributed by atoms with Crippen LogP contribution in [0.3, 0.4) is 0 Å². The molecule has 0 unspecified atom stereocenters. The summed E-state index contributed by atoms with van der Waals surface area (Å²) in [5, 5.41) is 4.36. The fourth-order valence-corrected chi connectivity index (χ4v) is 3.18. The molecular weight excluding hydrogens is 522 g/mol. The van der Waals surface area contributed by atoms with Crippen molar-refractivity contribution in [1.29, 1.82) is 0 Å². The monoisotopic (exact) mass is 558 g/mol. The second-order valence-corrected chi connectivity index (χ2v) is 13.3. The van der Waals surface area contributed by atoms with Gasteiger partial charge in [0.25, 0.3) is 0 Å². The molecule has 0 radical (unpaired) electrons. The summed E-state index contributed by atoms with van der Waals surface area (Å²) >= 11 is 0. The zero-order valence-electron chi connectivity index (χ0n) is 22.4. The molecule has 0 aliphatic rings. The average molecular weight is 559 g/mol. The molecular formula is C23H36F2N6O6Si. The first-order chi connectivity index (χ1) is 17.9. The van der Waals surface area contributed by atoms with Gasteiger partial charge in [-0.2, -0.15) is 9.97 Å². The number of carbonyl (C=O) groups is 2. The van der Waals surface area contributed by atoms with E-state index in [1.807, 2.05) is 26.6 Å². The van der Waals surface area contributed by atoms with Crippen LogP contribution >= 0.6 is 0 Å². The lowest BCUT2D eigenvalue weighted by Gasteiger charge is -2.17. The SMILES string of the molecule is CCCCCOC(=O)Nc1[nH]c(=O)ncc1F.CCCCCOC(=O)Nc1nc(O[Si](C)(C)C)ncc1F. The van der Waals surface area contributed by atoms with Crippen LogP contribution in [-0.2, 0) is 9.47 Å². The van der Waals surface area contributed by atoms with Gasteiger partial charge in [0.1, 0.15) is 0 Å². The highest BCUT2D eigenvalue weighted by molar-refractivity contribution is 6.70. The molecule has 0 aromatic carbocycles. The fraction of sp³-hybridized carbons (Fsp3) is 0.565. The van der Waals surface area contributed by atoms with Gasteiger partial charge in [0, 0.05) is 0 Å². The Balaban J connectivity index is 0.000000389. The topological polar surface area (TPSA) is 157 Å². The van der Waals surface area contributed by atoms with Crippen LogP contribution in [0.25, 0.3) is 0 Å². The van der Waals surface area contributed by atoms with E-state index in [0.29, 0.717) is 6.61 Å². The van der Waals surface area contributed by atoms with E-state index in [2.05, 4.69) is 37.5 Å². The normalized spacial score (nSPS) is 10.6. The van der Waals surface area contributed by atoms with Gasteiger partial charge in [-0.3, -0.25) is 15.6 Å². The second kappa shape index (κ2) is 17.0. The Morgan fingerprint density at radius 1 is 0.895 bits per heavy atom. The van der Waals surface area contributed by atoms with Crippen LogP contribution in [-0.4, -0.2) is 53.7 Å². The van der Waals surface area contributed by atoms with E-state index < -0.39 is 37.8 Å². The highest BCUT2D eigenvalue weighted by Crippen LogP contribution is 2.16. The Labute approximate surface area is 221 Å². The second-order valence-electron chi connectivity index (χ2n) is 8.91. The Hall–Kier alpha value is -3.62. The largest absolute Gasteiger partial charge is 0.518 e. The maximum atomic E-state index is 13.6. The fourth-order valence-electron chi connectivity index (χ4n) is 2.54. The van der Waals surface area contributed by atoms with Gasteiger partial charge in [-0.05, 0) is 32.5 Å². The molecule has 38 heavy (non-hydrogen) atoms. The zero-order chi connectivity index (χ0) is 28.6. The van der Waals surface area contributed by atoms with Gasteiger partial charge >= 0.3 is 23.9 Å². The van der Waals surface area contributed by atoms with Crippen LogP contribution in [0.2, 0.25) is 19.6 Å². The van der Waals surface area contributed by atoms with E-state index in [1.165, 1.54) is 0 Å². The van der Waals surface area contributed by atoms with Crippen LogP contribution in [0.4, 0.5) is 30.0 Å². The predicted molar refractivity (Wildman–Crippen MR) is 140 cm³/mol. The van der Waals surface area contributed by atoms with Crippen molar-refractivity contribution in [3.8, 4) is 6.01 Å². The maximum Gasteiger partial charge on any atom is 0.412 e. The standard InChI is InChI=1S/C13H22FN3O3Si.C10H14FN3O3/c1-5-6-7-8-19-13(18)17-11-10(14)9-15-12(16-11)20-21(2,3)4;1-2-3-4-5-17-10(16)14-8-7(11)6-12-9(15)13-8/h9H,5-8H2,1-4H3,(H,15,16,17,18);6H,2-5H2,1H3,(H2,12,13,14,15,16). The van der Waals surface area contributed by atoms with Crippen LogP contribution in [0.1, 0.15) is 52.4 Å². The van der Waals surface area contributed by atoms with Gasteiger partial charge in [-0.25, -0.2) is 28.1 Å². The van der Waals surface area contributed by atoms with Crippen molar-refractivity contribution in [2.45, 2.75) is 72.0 Å². The van der Waals surface area contributed by atoms with Gasteiger partial charge in [0.05, 0.1) is 25.6 Å². The Bertz CT molecular complexity index is 1080. The summed E-state index contributed by atoms with van der Waals surface area (Å²) in [6, 6.07) is 0.0526. The van der Waals surface area contributed by atoms with Crippen molar-refractivity contribution < 1.29 is 32.3 Å². The maximum absolute atomic E-state index is 13.6. The first-order valence-corrected chi connectivity index (χ1v) is 15.7. The summed E-state index contributed by atoms with van der Waals surface area (Å²) < 4.78 is 41.9. The lowest BCUT2D eigenvalue weighted by Crippen LogP contribution is -2.30. The summed E-state index contributed by atoms with van der Waals surface area (Å²) in [5.74, 6) is -2.14. The van der Waals surface area contributed by atoms with Crippen LogP contribution in [0.15, 0.2) is 17.2 Å². The third-order valence-electron chi connectivity index (χ3n) is 4.30. The van der Waals surface area contributed by atoms with E-state index in [1.54, 1.807) is 0 Å². The van der Waals surface area contributed by atoms with Crippen molar-refractivity contribution in [2.75, 3.05) is 23.8 Å². The average Bonchev–Trinajstić information content (AvgIpc) is 2.83. The van der Waals surface area contributed by atoms with E-state index in [9.17, 15) is 23.2 Å². The van der Waals surface area contributed by atoms with Crippen LogP contribution in [0, 0.1) is 11.6 Å². The molecule has 2 heterocycles. The third-order valence-corrected chi connectivity index (χ3v) is 5.09. The molecule has 2 aromatic heterocycles. The molecule has 0 atom stereocenters. The molecule has 0 spiro atoms. The Morgan fingerprint density at radius 2 is 1.45 bits per heavy atom. The third kappa shape index (κ3) is 14.2. The van der Waals surface area contributed by atoms with Crippen LogP contribution < -0.4 is 20.7 Å². The minimum Gasteiger partial charge on any atom is -0.518 e. The van der Waals surface area contributed by atoms with Crippen LogP contribution in [0.5, 0.6) is 6.01 Å². The van der Waals surface area contributed by atoms with E-state index in [4.69, 9.17) is 13.9 Å². The lowest BCUT2D eigenvalue weighted by molar-refractivity contribution is 0.158. The number of aromatic amines is 1. The highest BCUT2D eigenvalue weighted by atomic mass is 28.4. The van der Waals surface area contributed by atoms with E-state index in [0.717, 1.165) is 50.9 Å². The molecule has 0 fully saturated rings. The van der Waals surface area contributed by atoms with Crippen molar-refractivity contribution in [3.05, 3.63) is 34.5 Å². The molecule has 0 saturated carbocycles. The van der Waals surface area contributed by atoms with Gasteiger partial charge in [0.2, 0.25) is 8.32 Å². The summed E-state index contributed by atoms with van der Waals surface area (Å²) in [5.41, 5.74) is -0.743. The van der Waals surface area contributed by atoms with Gasteiger partial charge in [-0.15, -0.1) is 0 Å². The van der Waals surface area contributed by atoms with Crippen molar-refractivity contribution in [1.82, 2.24) is 19.9 Å². The quantitative estimate of drug-likeness (QED) is 0.235.